The largest absolute Gasteiger partial charge is 0.490 e. The van der Waals surface area contributed by atoms with Gasteiger partial charge in [-0.15, -0.1) is 0 Å². The Morgan fingerprint density at radius 3 is 2.43 bits per heavy atom. The Kier molecular flexibility index (Phi) is 8.09. The predicted octanol–water partition coefficient (Wildman–Crippen LogP) is 3.99. The summed E-state index contributed by atoms with van der Waals surface area (Å²) < 4.78 is 16.0. The molecule has 0 atom stereocenters. The highest BCUT2D eigenvalue weighted by molar-refractivity contribution is 5.94. The Hall–Kier alpha value is -3.28. The minimum absolute atomic E-state index is 0.381. The third-order valence-corrected chi connectivity index (χ3v) is 3.76. The molecular formula is C22H25NO5. The van der Waals surface area contributed by atoms with Gasteiger partial charge in [0, 0.05) is 17.8 Å². The lowest BCUT2D eigenvalue weighted by Gasteiger charge is -2.13. The van der Waals surface area contributed by atoms with Crippen molar-refractivity contribution in [1.82, 2.24) is 0 Å². The fourth-order valence-electron chi connectivity index (χ4n) is 2.44. The third-order valence-electron chi connectivity index (χ3n) is 3.76. The molecule has 1 N–H and O–H groups in total. The van der Waals surface area contributed by atoms with Crippen molar-refractivity contribution in [2.75, 3.05) is 25.1 Å². The number of aryl methyl sites for hydroxylation is 1. The van der Waals surface area contributed by atoms with Crippen LogP contribution in [0.3, 0.4) is 0 Å². The number of amides is 1. The van der Waals surface area contributed by atoms with E-state index in [9.17, 15) is 9.59 Å². The van der Waals surface area contributed by atoms with Gasteiger partial charge in [-0.3, -0.25) is 4.79 Å². The normalized spacial score (nSPS) is 10.5. The van der Waals surface area contributed by atoms with E-state index in [1.165, 1.54) is 6.08 Å². The number of rotatable bonds is 9. The topological polar surface area (TPSA) is 73.9 Å². The van der Waals surface area contributed by atoms with Gasteiger partial charge in [0.15, 0.2) is 18.1 Å². The van der Waals surface area contributed by atoms with E-state index in [1.54, 1.807) is 24.3 Å². The molecule has 6 nitrogen and oxygen atoms in total. The average Bonchev–Trinajstić information content (AvgIpc) is 2.68. The summed E-state index contributed by atoms with van der Waals surface area (Å²) in [6, 6.07) is 12.8. The minimum Gasteiger partial charge on any atom is -0.490 e. The zero-order valence-electron chi connectivity index (χ0n) is 16.4. The zero-order chi connectivity index (χ0) is 20.4. The molecule has 0 spiro atoms. The second kappa shape index (κ2) is 10.8. The van der Waals surface area contributed by atoms with Crippen LogP contribution < -0.4 is 14.8 Å². The van der Waals surface area contributed by atoms with E-state index in [1.807, 2.05) is 45.0 Å². The maximum absolute atomic E-state index is 12.0. The van der Waals surface area contributed by atoms with Crippen LogP contribution in [0, 0.1) is 6.92 Å². The van der Waals surface area contributed by atoms with Crippen molar-refractivity contribution in [3.05, 3.63) is 59.7 Å². The lowest BCUT2D eigenvalue weighted by Crippen LogP contribution is -2.20. The maximum atomic E-state index is 12.0. The standard InChI is InChI=1S/C22H25NO5/c1-4-26-19-12-11-18(14-20(19)27-5-2)23-21(24)15-28-22(25)13-10-17-9-7-6-8-16(17)3/h6-14H,4-5,15H2,1-3H3,(H,23,24)/b13-10+. The molecule has 0 aromatic heterocycles. The van der Waals surface area contributed by atoms with Gasteiger partial charge in [0.25, 0.3) is 5.91 Å². The number of carbonyl (C=O) groups excluding carboxylic acids is 2. The molecule has 2 aromatic rings. The van der Waals surface area contributed by atoms with Gasteiger partial charge in [0.2, 0.25) is 0 Å². The number of esters is 1. The molecule has 0 aliphatic heterocycles. The first kappa shape index (κ1) is 21.0. The summed E-state index contributed by atoms with van der Waals surface area (Å²) in [7, 11) is 0. The van der Waals surface area contributed by atoms with Gasteiger partial charge in [-0.25, -0.2) is 4.79 Å². The van der Waals surface area contributed by atoms with Crippen LogP contribution in [0.5, 0.6) is 11.5 Å². The van der Waals surface area contributed by atoms with E-state index in [2.05, 4.69) is 5.32 Å². The van der Waals surface area contributed by atoms with Crippen molar-refractivity contribution in [2.45, 2.75) is 20.8 Å². The first-order valence-electron chi connectivity index (χ1n) is 9.13. The van der Waals surface area contributed by atoms with Gasteiger partial charge in [-0.05, 0) is 50.1 Å². The molecule has 0 fully saturated rings. The number of anilines is 1. The Bertz CT molecular complexity index is 845. The molecule has 6 heteroatoms. The number of ether oxygens (including phenoxy) is 3. The highest BCUT2D eigenvalue weighted by Crippen LogP contribution is 2.30. The Morgan fingerprint density at radius 1 is 1.00 bits per heavy atom. The van der Waals surface area contributed by atoms with Gasteiger partial charge < -0.3 is 19.5 Å². The van der Waals surface area contributed by atoms with Crippen LogP contribution >= 0.6 is 0 Å². The molecule has 0 aliphatic rings. The van der Waals surface area contributed by atoms with E-state index >= 15 is 0 Å². The molecule has 28 heavy (non-hydrogen) atoms. The van der Waals surface area contributed by atoms with Gasteiger partial charge in [0.1, 0.15) is 0 Å². The van der Waals surface area contributed by atoms with Crippen LogP contribution in [0.2, 0.25) is 0 Å². The number of hydrogen-bond donors (Lipinski definition) is 1. The quantitative estimate of drug-likeness (QED) is 0.524. The van der Waals surface area contributed by atoms with Crippen molar-refractivity contribution in [1.29, 1.82) is 0 Å². The molecule has 2 aromatic carbocycles. The van der Waals surface area contributed by atoms with E-state index in [4.69, 9.17) is 14.2 Å². The van der Waals surface area contributed by atoms with Crippen molar-refractivity contribution in [2.24, 2.45) is 0 Å². The van der Waals surface area contributed by atoms with Crippen molar-refractivity contribution in [3.63, 3.8) is 0 Å². The molecular weight excluding hydrogens is 358 g/mol. The summed E-state index contributed by atoms with van der Waals surface area (Å²) in [5.41, 5.74) is 2.50. The molecule has 0 saturated heterocycles. The van der Waals surface area contributed by atoms with E-state index in [0.717, 1.165) is 11.1 Å². The van der Waals surface area contributed by atoms with E-state index in [-0.39, 0.29) is 6.61 Å². The summed E-state index contributed by atoms with van der Waals surface area (Å²) in [6.45, 7) is 6.30. The lowest BCUT2D eigenvalue weighted by atomic mass is 10.1. The van der Waals surface area contributed by atoms with Gasteiger partial charge in [0.05, 0.1) is 13.2 Å². The summed E-state index contributed by atoms with van der Waals surface area (Å²) in [5, 5.41) is 2.67. The lowest BCUT2D eigenvalue weighted by molar-refractivity contribution is -0.142. The predicted molar refractivity (Wildman–Crippen MR) is 109 cm³/mol. The first-order chi connectivity index (χ1) is 13.5. The molecule has 2 rings (SSSR count). The summed E-state index contributed by atoms with van der Waals surface area (Å²) >= 11 is 0. The Labute approximate surface area is 165 Å². The third kappa shape index (κ3) is 6.46. The molecule has 0 radical (unpaired) electrons. The second-order valence-corrected chi connectivity index (χ2v) is 5.87. The zero-order valence-corrected chi connectivity index (χ0v) is 16.4. The fraction of sp³-hybridized carbons (Fsp3) is 0.273. The Balaban J connectivity index is 1.89. The molecule has 0 heterocycles. The number of nitrogens with one attached hydrogen (secondary N) is 1. The summed E-state index contributed by atoms with van der Waals surface area (Å²) in [4.78, 5) is 23.9. The number of carbonyl (C=O) groups is 2. The van der Waals surface area contributed by atoms with Gasteiger partial charge >= 0.3 is 5.97 Å². The summed E-state index contributed by atoms with van der Waals surface area (Å²) in [5.74, 6) is 0.125. The average molecular weight is 383 g/mol. The SMILES string of the molecule is CCOc1ccc(NC(=O)COC(=O)/C=C/c2ccccc2C)cc1OCC. The molecule has 148 valence electrons. The van der Waals surface area contributed by atoms with Gasteiger partial charge in [-0.2, -0.15) is 0 Å². The van der Waals surface area contributed by atoms with Crippen LogP contribution in [-0.4, -0.2) is 31.7 Å². The van der Waals surface area contributed by atoms with Crippen LogP contribution in [0.15, 0.2) is 48.5 Å². The molecule has 1 amide bonds. The van der Waals surface area contributed by atoms with Crippen LogP contribution in [0.1, 0.15) is 25.0 Å². The molecule has 0 unspecified atom stereocenters. The first-order valence-corrected chi connectivity index (χ1v) is 9.13. The smallest absolute Gasteiger partial charge is 0.331 e. The van der Waals surface area contributed by atoms with Crippen molar-refractivity contribution in [3.8, 4) is 11.5 Å². The minimum atomic E-state index is -0.583. The monoisotopic (exact) mass is 383 g/mol. The second-order valence-electron chi connectivity index (χ2n) is 5.87. The Morgan fingerprint density at radius 2 is 1.71 bits per heavy atom. The summed E-state index contributed by atoms with van der Waals surface area (Å²) in [6.07, 6.45) is 2.97. The van der Waals surface area contributed by atoms with E-state index < -0.39 is 11.9 Å². The van der Waals surface area contributed by atoms with Crippen LogP contribution in [-0.2, 0) is 14.3 Å². The van der Waals surface area contributed by atoms with E-state index in [0.29, 0.717) is 30.4 Å². The van der Waals surface area contributed by atoms with Crippen LogP contribution in [0.4, 0.5) is 5.69 Å². The fourth-order valence-corrected chi connectivity index (χ4v) is 2.44. The maximum Gasteiger partial charge on any atom is 0.331 e. The molecule has 0 aliphatic carbocycles. The highest BCUT2D eigenvalue weighted by Gasteiger charge is 2.10. The van der Waals surface area contributed by atoms with Crippen LogP contribution in [0.25, 0.3) is 6.08 Å². The van der Waals surface area contributed by atoms with Crippen molar-refractivity contribution < 1.29 is 23.8 Å². The number of hydrogen-bond acceptors (Lipinski definition) is 5. The highest BCUT2D eigenvalue weighted by atomic mass is 16.5. The van der Waals surface area contributed by atoms with Gasteiger partial charge in [-0.1, -0.05) is 24.3 Å². The number of benzene rings is 2. The molecule has 0 saturated carbocycles. The molecule has 0 bridgehead atoms. The van der Waals surface area contributed by atoms with Crippen molar-refractivity contribution >= 4 is 23.6 Å².